The van der Waals surface area contributed by atoms with E-state index in [9.17, 15) is 4.39 Å². The van der Waals surface area contributed by atoms with E-state index in [2.05, 4.69) is 21.7 Å². The lowest BCUT2D eigenvalue weighted by molar-refractivity contribution is 0.628. The molecule has 0 saturated carbocycles. The van der Waals surface area contributed by atoms with Gasteiger partial charge in [0, 0.05) is 22.5 Å². The lowest BCUT2D eigenvalue weighted by Gasteiger charge is -2.14. The number of anilines is 1. The first-order chi connectivity index (χ1) is 14.7. The molecule has 0 amide bonds. The van der Waals surface area contributed by atoms with Crippen molar-refractivity contribution in [2.24, 2.45) is 0 Å². The van der Waals surface area contributed by atoms with Crippen LogP contribution >= 0.6 is 11.6 Å². The number of nitrogens with zero attached hydrogens (tertiary/aromatic N) is 4. The molecule has 0 unspecified atom stereocenters. The van der Waals surface area contributed by atoms with Crippen LogP contribution in [-0.4, -0.2) is 26.4 Å². The van der Waals surface area contributed by atoms with Crippen LogP contribution in [0.2, 0.25) is 5.02 Å². The molecule has 1 aliphatic rings. The van der Waals surface area contributed by atoms with Gasteiger partial charge in [-0.3, -0.25) is 0 Å². The molecule has 2 aromatic heterocycles. The number of allylic oxidation sites excluding steroid dienone is 1. The topological polar surface area (TPSA) is 55.1 Å². The molecule has 5 nitrogen and oxygen atoms in total. The van der Waals surface area contributed by atoms with E-state index < -0.39 is 0 Å². The van der Waals surface area contributed by atoms with Crippen LogP contribution in [0.5, 0.6) is 0 Å². The number of fused-ring (bicyclic) bond motifs is 3. The fourth-order valence-corrected chi connectivity index (χ4v) is 4.19. The Balaban J connectivity index is 1.57. The zero-order valence-electron chi connectivity index (χ0n) is 16.4. The fraction of sp³-hybridized carbons (Fsp3) is 0.261. The maximum absolute atomic E-state index is 13.8. The highest BCUT2D eigenvalue weighted by atomic mass is 35.5. The number of halogens is 2. The van der Waals surface area contributed by atoms with Gasteiger partial charge >= 0.3 is 0 Å². The molecule has 0 fully saturated rings. The number of nitrogens with one attached hydrogen (secondary N) is 1. The number of benzene rings is 2. The molecule has 4 aromatic rings. The maximum atomic E-state index is 13.8. The van der Waals surface area contributed by atoms with Gasteiger partial charge in [0.25, 0.3) is 0 Å². The van der Waals surface area contributed by atoms with Gasteiger partial charge in [0.1, 0.15) is 17.3 Å². The second-order valence-corrected chi connectivity index (χ2v) is 8.03. The van der Waals surface area contributed by atoms with Gasteiger partial charge in [0.05, 0.1) is 5.52 Å². The first kappa shape index (κ1) is 19.0. The summed E-state index contributed by atoms with van der Waals surface area (Å²) >= 11 is 6.26. The third-order valence-corrected chi connectivity index (χ3v) is 5.76. The second-order valence-electron chi connectivity index (χ2n) is 7.59. The van der Waals surface area contributed by atoms with E-state index in [1.54, 1.807) is 10.6 Å². The van der Waals surface area contributed by atoms with Crippen LogP contribution in [0.1, 0.15) is 32.1 Å². The third kappa shape index (κ3) is 3.63. The first-order valence-corrected chi connectivity index (χ1v) is 10.6. The average molecular weight is 422 g/mol. The molecule has 30 heavy (non-hydrogen) atoms. The van der Waals surface area contributed by atoms with E-state index >= 15 is 0 Å². The van der Waals surface area contributed by atoms with Gasteiger partial charge in [-0.1, -0.05) is 40.6 Å². The molecule has 0 atom stereocenters. The predicted molar refractivity (Wildman–Crippen MR) is 118 cm³/mol. The molecule has 7 heteroatoms. The summed E-state index contributed by atoms with van der Waals surface area (Å²) in [6, 6.07) is 11.9. The molecule has 2 heterocycles. The summed E-state index contributed by atoms with van der Waals surface area (Å²) in [5.74, 6) is 0.414. The fourth-order valence-electron chi connectivity index (χ4n) is 4.02. The van der Waals surface area contributed by atoms with Crippen LogP contribution in [0.25, 0.3) is 27.8 Å². The standard InChI is InChI=1S/C23H21ClFN5/c24-17-9-10-20-19(14-17)22(26-12-11-15-5-2-1-3-6-15)27-23-21(28-29-30(20)23)16-7-4-8-18(25)13-16/h4-5,7-10,13-14H,1-3,6,11-12H2,(H,26,27). The van der Waals surface area contributed by atoms with Crippen molar-refractivity contribution in [1.29, 1.82) is 0 Å². The van der Waals surface area contributed by atoms with Crippen molar-refractivity contribution in [3.05, 3.63) is 65.0 Å². The Morgan fingerprint density at radius 1 is 1.13 bits per heavy atom. The van der Waals surface area contributed by atoms with Gasteiger partial charge in [0.2, 0.25) is 0 Å². The molecule has 0 aliphatic heterocycles. The van der Waals surface area contributed by atoms with Crippen molar-refractivity contribution in [1.82, 2.24) is 19.8 Å². The Bertz CT molecular complexity index is 1260. The van der Waals surface area contributed by atoms with E-state index in [1.807, 2.05) is 24.3 Å². The summed E-state index contributed by atoms with van der Waals surface area (Å²) in [4.78, 5) is 4.82. The van der Waals surface area contributed by atoms with Crippen molar-refractivity contribution in [3.8, 4) is 11.3 Å². The van der Waals surface area contributed by atoms with Crippen molar-refractivity contribution in [2.45, 2.75) is 32.1 Å². The Morgan fingerprint density at radius 2 is 2.07 bits per heavy atom. The molecule has 0 saturated heterocycles. The minimum atomic E-state index is -0.319. The van der Waals surface area contributed by atoms with E-state index in [4.69, 9.17) is 16.6 Å². The average Bonchev–Trinajstić information content (AvgIpc) is 3.18. The normalized spacial score (nSPS) is 14.3. The van der Waals surface area contributed by atoms with Crippen molar-refractivity contribution in [2.75, 3.05) is 11.9 Å². The summed E-state index contributed by atoms with van der Waals surface area (Å²) in [5, 5.41) is 13.6. The first-order valence-electron chi connectivity index (χ1n) is 10.2. The molecular formula is C23H21ClFN5. The molecule has 1 N–H and O–H groups in total. The lowest BCUT2D eigenvalue weighted by atomic mass is 9.97. The zero-order valence-corrected chi connectivity index (χ0v) is 17.2. The third-order valence-electron chi connectivity index (χ3n) is 5.53. The number of rotatable bonds is 5. The van der Waals surface area contributed by atoms with Crippen LogP contribution in [0, 0.1) is 5.82 Å². The summed E-state index contributed by atoms with van der Waals surface area (Å²) in [7, 11) is 0. The van der Waals surface area contributed by atoms with Gasteiger partial charge in [-0.25, -0.2) is 9.37 Å². The second kappa shape index (κ2) is 8.03. The van der Waals surface area contributed by atoms with Crippen LogP contribution in [0.3, 0.4) is 0 Å². The highest BCUT2D eigenvalue weighted by Crippen LogP contribution is 2.30. The molecule has 5 rings (SSSR count). The Morgan fingerprint density at radius 3 is 2.90 bits per heavy atom. The van der Waals surface area contributed by atoms with Crippen LogP contribution in [0.15, 0.2) is 54.1 Å². The minimum absolute atomic E-state index is 0.319. The Hall–Kier alpha value is -2.99. The Labute approximate surface area is 178 Å². The van der Waals surface area contributed by atoms with Crippen LogP contribution in [0.4, 0.5) is 10.2 Å². The largest absolute Gasteiger partial charge is 0.369 e. The highest BCUT2D eigenvalue weighted by Gasteiger charge is 2.16. The molecule has 152 valence electrons. The lowest BCUT2D eigenvalue weighted by Crippen LogP contribution is -2.08. The van der Waals surface area contributed by atoms with E-state index in [1.165, 1.54) is 43.4 Å². The van der Waals surface area contributed by atoms with Gasteiger partial charge in [-0.2, -0.15) is 4.52 Å². The molecule has 1 aliphatic carbocycles. The van der Waals surface area contributed by atoms with Crippen molar-refractivity contribution in [3.63, 3.8) is 0 Å². The number of hydrogen-bond acceptors (Lipinski definition) is 4. The van der Waals surface area contributed by atoms with E-state index in [0.29, 0.717) is 21.9 Å². The van der Waals surface area contributed by atoms with Gasteiger partial charge in [-0.15, -0.1) is 5.10 Å². The van der Waals surface area contributed by atoms with Crippen LogP contribution in [-0.2, 0) is 0 Å². The summed E-state index contributed by atoms with van der Waals surface area (Å²) in [6.07, 6.45) is 8.26. The number of aromatic nitrogens is 4. The van der Waals surface area contributed by atoms with E-state index in [0.717, 1.165) is 29.7 Å². The summed E-state index contributed by atoms with van der Waals surface area (Å²) in [5.41, 5.74) is 4.12. The van der Waals surface area contributed by atoms with Gasteiger partial charge < -0.3 is 5.32 Å². The smallest absolute Gasteiger partial charge is 0.186 e. The van der Waals surface area contributed by atoms with Gasteiger partial charge in [0.15, 0.2) is 5.65 Å². The maximum Gasteiger partial charge on any atom is 0.186 e. The molecular weight excluding hydrogens is 401 g/mol. The van der Waals surface area contributed by atoms with E-state index in [-0.39, 0.29) is 5.82 Å². The molecule has 0 bridgehead atoms. The SMILES string of the molecule is Fc1cccc(-c2nnn3c2nc(NCCC2=CCCCC2)c2cc(Cl)ccc23)c1. The summed E-state index contributed by atoms with van der Waals surface area (Å²) < 4.78 is 15.5. The van der Waals surface area contributed by atoms with Crippen molar-refractivity contribution < 1.29 is 4.39 Å². The monoisotopic (exact) mass is 421 g/mol. The molecule has 0 radical (unpaired) electrons. The van der Waals surface area contributed by atoms with Gasteiger partial charge in [-0.05, 0) is 62.4 Å². The Kier molecular flexibility index (Phi) is 5.09. The molecule has 2 aromatic carbocycles. The minimum Gasteiger partial charge on any atom is -0.369 e. The van der Waals surface area contributed by atoms with Crippen molar-refractivity contribution >= 4 is 34.0 Å². The van der Waals surface area contributed by atoms with Crippen LogP contribution < -0.4 is 5.32 Å². The predicted octanol–water partition coefficient (Wildman–Crippen LogP) is 6.04. The quantitative estimate of drug-likeness (QED) is 0.399. The molecule has 0 spiro atoms. The highest BCUT2D eigenvalue weighted by molar-refractivity contribution is 6.31. The zero-order chi connectivity index (χ0) is 20.5. The summed E-state index contributed by atoms with van der Waals surface area (Å²) in [6.45, 7) is 0.785. The number of hydrogen-bond donors (Lipinski definition) is 1.